The van der Waals surface area contributed by atoms with E-state index in [2.05, 4.69) is 15.5 Å². The van der Waals surface area contributed by atoms with Crippen LogP contribution < -0.4 is 5.32 Å². The molecular weight excluding hydrogens is 194 g/mol. The smallest absolute Gasteiger partial charge is 0.226 e. The quantitative estimate of drug-likeness (QED) is 0.736. The average Bonchev–Trinajstić information content (AvgIpc) is 2.71. The van der Waals surface area contributed by atoms with E-state index >= 15 is 0 Å². The highest BCUT2D eigenvalue weighted by atomic mass is 16.5. The second-order valence-corrected chi connectivity index (χ2v) is 3.47. The molecule has 5 heteroatoms. The van der Waals surface area contributed by atoms with Crippen molar-refractivity contribution in [2.24, 2.45) is 0 Å². The molecule has 5 nitrogen and oxygen atoms in total. The summed E-state index contributed by atoms with van der Waals surface area (Å²) in [5.41, 5.74) is 0. The van der Waals surface area contributed by atoms with Crippen molar-refractivity contribution in [1.82, 2.24) is 15.5 Å². The Hall–Kier alpha value is -0.940. The van der Waals surface area contributed by atoms with Gasteiger partial charge in [0.05, 0.1) is 12.6 Å². The summed E-state index contributed by atoms with van der Waals surface area (Å²) in [4.78, 5) is 4.26. The van der Waals surface area contributed by atoms with Gasteiger partial charge in [-0.2, -0.15) is 4.98 Å². The van der Waals surface area contributed by atoms with Crippen molar-refractivity contribution in [2.75, 3.05) is 13.7 Å². The Morgan fingerprint density at radius 1 is 1.53 bits per heavy atom. The van der Waals surface area contributed by atoms with Crippen LogP contribution in [0.2, 0.25) is 0 Å². The highest BCUT2D eigenvalue weighted by molar-refractivity contribution is 4.86. The molecule has 1 aromatic rings. The third kappa shape index (κ3) is 4.40. The number of methoxy groups -OCH3 is 1. The number of nitrogens with zero attached hydrogens (tertiary/aromatic N) is 2. The van der Waals surface area contributed by atoms with E-state index in [-0.39, 0.29) is 6.10 Å². The Bertz CT molecular complexity index is 275. The normalized spacial score (nSPS) is 13.0. The molecule has 0 fully saturated rings. The predicted molar refractivity (Wildman–Crippen MR) is 56.5 cm³/mol. The van der Waals surface area contributed by atoms with Crippen LogP contribution in [-0.4, -0.2) is 29.9 Å². The van der Waals surface area contributed by atoms with E-state index in [0.29, 0.717) is 12.4 Å². The molecule has 0 saturated heterocycles. The molecule has 0 amide bonds. The van der Waals surface area contributed by atoms with Gasteiger partial charge in [-0.25, -0.2) is 0 Å². The lowest BCUT2D eigenvalue weighted by atomic mass is 10.2. The Labute approximate surface area is 90.2 Å². The van der Waals surface area contributed by atoms with Crippen molar-refractivity contribution in [3.05, 3.63) is 11.7 Å². The van der Waals surface area contributed by atoms with Crippen LogP contribution in [0.15, 0.2) is 4.52 Å². The highest BCUT2D eigenvalue weighted by Gasteiger charge is 2.07. The Balaban J connectivity index is 2.32. The van der Waals surface area contributed by atoms with Gasteiger partial charge < -0.3 is 14.6 Å². The Kier molecular flexibility index (Phi) is 5.28. The van der Waals surface area contributed by atoms with Crippen molar-refractivity contribution in [2.45, 2.75) is 39.3 Å². The molecule has 86 valence electrons. The summed E-state index contributed by atoms with van der Waals surface area (Å²) < 4.78 is 10.2. The fourth-order valence-electron chi connectivity index (χ4n) is 1.14. The summed E-state index contributed by atoms with van der Waals surface area (Å²) in [6.45, 7) is 5.64. The minimum Gasteiger partial charge on any atom is -0.382 e. The zero-order chi connectivity index (χ0) is 11.1. The summed E-state index contributed by atoms with van der Waals surface area (Å²) in [7, 11) is 1.70. The molecule has 1 atom stereocenters. The van der Waals surface area contributed by atoms with Crippen molar-refractivity contribution < 1.29 is 9.26 Å². The van der Waals surface area contributed by atoms with Crippen molar-refractivity contribution >= 4 is 0 Å². The SMILES string of the molecule is CCNCc1noc(CCC(C)OC)n1. The molecule has 0 aliphatic carbocycles. The van der Waals surface area contributed by atoms with Gasteiger partial charge in [-0.3, -0.25) is 0 Å². The zero-order valence-corrected chi connectivity index (χ0v) is 9.62. The lowest BCUT2D eigenvalue weighted by Crippen LogP contribution is -2.12. The number of hydrogen-bond donors (Lipinski definition) is 1. The van der Waals surface area contributed by atoms with Gasteiger partial charge in [0.2, 0.25) is 5.89 Å². The molecule has 1 heterocycles. The molecular formula is C10H19N3O2. The van der Waals surface area contributed by atoms with Gasteiger partial charge in [0.25, 0.3) is 0 Å². The minimum absolute atomic E-state index is 0.231. The fourth-order valence-corrected chi connectivity index (χ4v) is 1.14. The van der Waals surface area contributed by atoms with Gasteiger partial charge in [0, 0.05) is 13.5 Å². The summed E-state index contributed by atoms with van der Waals surface area (Å²) in [6.07, 6.45) is 1.90. The maximum atomic E-state index is 5.14. The summed E-state index contributed by atoms with van der Waals surface area (Å²) in [6, 6.07) is 0. The second kappa shape index (κ2) is 6.53. The van der Waals surface area contributed by atoms with Crippen LogP contribution in [0.5, 0.6) is 0 Å². The lowest BCUT2D eigenvalue weighted by molar-refractivity contribution is 0.109. The molecule has 0 saturated carbocycles. The van der Waals surface area contributed by atoms with Crippen LogP contribution in [0.25, 0.3) is 0 Å². The van der Waals surface area contributed by atoms with Crippen LogP contribution in [0.4, 0.5) is 0 Å². The van der Waals surface area contributed by atoms with Crippen LogP contribution >= 0.6 is 0 Å². The van der Waals surface area contributed by atoms with Crippen LogP contribution in [0.3, 0.4) is 0 Å². The number of hydrogen-bond acceptors (Lipinski definition) is 5. The number of rotatable bonds is 7. The fraction of sp³-hybridized carbons (Fsp3) is 0.800. The largest absolute Gasteiger partial charge is 0.382 e. The molecule has 0 aliphatic rings. The van der Waals surface area contributed by atoms with Gasteiger partial charge in [0.15, 0.2) is 5.82 Å². The second-order valence-electron chi connectivity index (χ2n) is 3.47. The first-order valence-electron chi connectivity index (χ1n) is 5.31. The monoisotopic (exact) mass is 213 g/mol. The van der Waals surface area contributed by atoms with E-state index in [1.165, 1.54) is 0 Å². The molecule has 15 heavy (non-hydrogen) atoms. The predicted octanol–water partition coefficient (Wildman–Crippen LogP) is 1.15. The first-order chi connectivity index (χ1) is 7.26. The number of aromatic nitrogens is 2. The third-order valence-electron chi connectivity index (χ3n) is 2.21. The van der Waals surface area contributed by atoms with Gasteiger partial charge in [-0.15, -0.1) is 0 Å². The van der Waals surface area contributed by atoms with E-state index in [4.69, 9.17) is 9.26 Å². The van der Waals surface area contributed by atoms with Crippen molar-refractivity contribution in [1.29, 1.82) is 0 Å². The van der Waals surface area contributed by atoms with E-state index in [0.717, 1.165) is 25.2 Å². The summed E-state index contributed by atoms with van der Waals surface area (Å²) in [5, 5.41) is 7.01. The topological polar surface area (TPSA) is 60.2 Å². The van der Waals surface area contributed by atoms with Crippen LogP contribution in [-0.2, 0) is 17.7 Å². The zero-order valence-electron chi connectivity index (χ0n) is 9.62. The van der Waals surface area contributed by atoms with Gasteiger partial charge >= 0.3 is 0 Å². The standard InChI is InChI=1S/C10H19N3O2/c1-4-11-7-9-12-10(15-13-9)6-5-8(2)14-3/h8,11H,4-7H2,1-3H3. The van der Waals surface area contributed by atoms with E-state index in [1.807, 2.05) is 13.8 Å². The number of nitrogens with one attached hydrogen (secondary N) is 1. The van der Waals surface area contributed by atoms with Crippen LogP contribution in [0.1, 0.15) is 32.0 Å². The molecule has 0 radical (unpaired) electrons. The molecule has 1 N–H and O–H groups in total. The first kappa shape index (κ1) is 12.1. The molecule has 0 aromatic carbocycles. The van der Waals surface area contributed by atoms with E-state index in [9.17, 15) is 0 Å². The maximum Gasteiger partial charge on any atom is 0.226 e. The average molecular weight is 213 g/mol. The molecule has 1 aromatic heterocycles. The number of ether oxygens (including phenoxy) is 1. The summed E-state index contributed by atoms with van der Waals surface area (Å²) >= 11 is 0. The third-order valence-corrected chi connectivity index (χ3v) is 2.21. The van der Waals surface area contributed by atoms with Gasteiger partial charge in [-0.1, -0.05) is 12.1 Å². The highest BCUT2D eigenvalue weighted by Crippen LogP contribution is 2.04. The van der Waals surface area contributed by atoms with E-state index in [1.54, 1.807) is 7.11 Å². The number of aryl methyl sites for hydroxylation is 1. The molecule has 0 spiro atoms. The molecule has 0 bridgehead atoms. The molecule has 1 rings (SSSR count). The maximum absolute atomic E-state index is 5.14. The van der Waals surface area contributed by atoms with E-state index < -0.39 is 0 Å². The molecule has 1 unspecified atom stereocenters. The minimum atomic E-state index is 0.231. The van der Waals surface area contributed by atoms with Gasteiger partial charge in [0.1, 0.15) is 0 Å². The summed E-state index contributed by atoms with van der Waals surface area (Å²) in [5.74, 6) is 1.41. The van der Waals surface area contributed by atoms with Crippen molar-refractivity contribution in [3.63, 3.8) is 0 Å². The Morgan fingerprint density at radius 2 is 2.33 bits per heavy atom. The van der Waals surface area contributed by atoms with Gasteiger partial charge in [-0.05, 0) is 19.9 Å². The Morgan fingerprint density at radius 3 is 3.00 bits per heavy atom. The first-order valence-corrected chi connectivity index (χ1v) is 5.31. The van der Waals surface area contributed by atoms with Crippen molar-refractivity contribution in [3.8, 4) is 0 Å². The molecule has 0 aliphatic heterocycles. The van der Waals surface area contributed by atoms with Crippen LogP contribution in [0, 0.1) is 0 Å². The lowest BCUT2D eigenvalue weighted by Gasteiger charge is -2.05.